The summed E-state index contributed by atoms with van der Waals surface area (Å²) < 4.78 is 5.76. The zero-order valence-corrected chi connectivity index (χ0v) is 18.1. The lowest BCUT2D eigenvalue weighted by Crippen LogP contribution is -2.33. The minimum Gasteiger partial charge on any atom is -0.369 e. The van der Waals surface area contributed by atoms with Crippen LogP contribution in [-0.4, -0.2) is 45.5 Å². The molecule has 3 aromatic heterocycles. The van der Waals surface area contributed by atoms with Gasteiger partial charge in [-0.3, -0.25) is 14.8 Å². The molecule has 1 atom stereocenters. The minimum absolute atomic E-state index is 0.0342. The first kappa shape index (κ1) is 20.9. The van der Waals surface area contributed by atoms with Gasteiger partial charge in [-0.25, -0.2) is 9.97 Å². The van der Waals surface area contributed by atoms with E-state index < -0.39 is 0 Å². The van der Waals surface area contributed by atoms with Gasteiger partial charge in [0.1, 0.15) is 6.10 Å². The molecule has 0 bridgehead atoms. The van der Waals surface area contributed by atoms with E-state index >= 15 is 0 Å². The monoisotopic (exact) mass is 441 g/mol. The van der Waals surface area contributed by atoms with E-state index in [1.54, 1.807) is 24.7 Å². The highest BCUT2D eigenvalue weighted by Gasteiger charge is 2.17. The second-order valence-electron chi connectivity index (χ2n) is 7.71. The fraction of sp³-hybridized carbons (Fsp3) is 0.208. The van der Waals surface area contributed by atoms with Crippen molar-refractivity contribution < 1.29 is 9.53 Å². The molecule has 5 rings (SSSR count). The number of morpholine rings is 1. The molecule has 0 spiro atoms. The van der Waals surface area contributed by atoms with Crippen molar-refractivity contribution in [3.05, 3.63) is 66.7 Å². The molecule has 1 aliphatic rings. The van der Waals surface area contributed by atoms with E-state index in [-0.39, 0.29) is 12.0 Å². The van der Waals surface area contributed by atoms with Gasteiger partial charge in [0.05, 0.1) is 35.4 Å². The van der Waals surface area contributed by atoms with Gasteiger partial charge in [-0.2, -0.15) is 0 Å². The Hall–Kier alpha value is -3.95. The summed E-state index contributed by atoms with van der Waals surface area (Å²) in [6.07, 6.45) is 5.16. The molecule has 3 N–H and O–H groups in total. The Bertz CT molecular complexity index is 1290. The number of hydrogen-bond acceptors (Lipinski definition) is 8. The van der Waals surface area contributed by atoms with E-state index in [0.29, 0.717) is 23.9 Å². The Labute approximate surface area is 190 Å². The highest BCUT2D eigenvalue weighted by Crippen LogP contribution is 2.28. The van der Waals surface area contributed by atoms with Gasteiger partial charge in [0.25, 0.3) is 0 Å². The molecular weight excluding hydrogens is 418 g/mol. The number of benzene rings is 1. The average Bonchev–Trinajstić information content (AvgIpc) is 2.84. The van der Waals surface area contributed by atoms with Crippen molar-refractivity contribution in [1.29, 1.82) is 0 Å². The van der Waals surface area contributed by atoms with Crippen molar-refractivity contribution in [2.45, 2.75) is 13.0 Å². The molecule has 33 heavy (non-hydrogen) atoms. The Balaban J connectivity index is 1.42. The number of fused-ring (bicyclic) bond motifs is 1. The lowest BCUT2D eigenvalue weighted by atomic mass is 10.1. The predicted octanol–water partition coefficient (Wildman–Crippen LogP) is 3.45. The number of ether oxygens (including phenoxy) is 1. The molecule has 1 fully saturated rings. The van der Waals surface area contributed by atoms with Crippen LogP contribution in [0.5, 0.6) is 0 Å². The number of aromatic nitrogens is 4. The summed E-state index contributed by atoms with van der Waals surface area (Å²) in [5, 5.41) is 10.2. The van der Waals surface area contributed by atoms with Crippen LogP contribution < -0.4 is 16.0 Å². The summed E-state index contributed by atoms with van der Waals surface area (Å²) in [6, 6.07) is 13.3. The van der Waals surface area contributed by atoms with Crippen molar-refractivity contribution >= 4 is 34.1 Å². The maximum atomic E-state index is 11.4. The van der Waals surface area contributed by atoms with E-state index in [1.807, 2.05) is 36.4 Å². The third kappa shape index (κ3) is 4.79. The molecule has 1 amide bonds. The zero-order valence-electron chi connectivity index (χ0n) is 18.1. The molecule has 1 unspecified atom stereocenters. The zero-order chi connectivity index (χ0) is 22.6. The van der Waals surface area contributed by atoms with Gasteiger partial charge in [0.15, 0.2) is 0 Å². The third-order valence-corrected chi connectivity index (χ3v) is 5.27. The molecule has 1 saturated heterocycles. The number of hydrogen-bond donors (Lipinski definition) is 3. The van der Waals surface area contributed by atoms with Crippen molar-refractivity contribution in [1.82, 2.24) is 25.3 Å². The summed E-state index contributed by atoms with van der Waals surface area (Å²) in [7, 11) is 0. The number of para-hydroxylation sites is 1. The smallest absolute Gasteiger partial charge is 0.227 e. The van der Waals surface area contributed by atoms with Gasteiger partial charge in [-0.15, -0.1) is 0 Å². The maximum absolute atomic E-state index is 11.4. The van der Waals surface area contributed by atoms with Gasteiger partial charge in [-0.05, 0) is 24.3 Å². The van der Waals surface area contributed by atoms with Gasteiger partial charge >= 0.3 is 0 Å². The Morgan fingerprint density at radius 3 is 2.82 bits per heavy atom. The molecular formula is C24H23N7O2. The van der Waals surface area contributed by atoms with Gasteiger partial charge in [-0.1, -0.05) is 18.2 Å². The molecule has 4 aromatic rings. The van der Waals surface area contributed by atoms with Crippen LogP contribution in [-0.2, 0) is 9.53 Å². The van der Waals surface area contributed by atoms with Crippen LogP contribution in [0.1, 0.15) is 18.7 Å². The van der Waals surface area contributed by atoms with E-state index in [0.717, 1.165) is 40.9 Å². The topological polar surface area (TPSA) is 114 Å². The lowest BCUT2D eigenvalue weighted by molar-refractivity contribution is -0.114. The fourth-order valence-electron chi connectivity index (χ4n) is 3.74. The third-order valence-electron chi connectivity index (χ3n) is 5.27. The summed E-state index contributed by atoms with van der Waals surface area (Å²) in [6.45, 7) is 3.78. The van der Waals surface area contributed by atoms with Gasteiger partial charge in [0, 0.05) is 49.0 Å². The average molecular weight is 441 g/mol. The quantitative estimate of drug-likeness (QED) is 0.432. The van der Waals surface area contributed by atoms with Crippen molar-refractivity contribution in [2.24, 2.45) is 0 Å². The Kier molecular flexibility index (Phi) is 5.88. The Morgan fingerprint density at radius 1 is 1.09 bits per heavy atom. The van der Waals surface area contributed by atoms with Crippen LogP contribution in [0.4, 0.5) is 17.3 Å². The Morgan fingerprint density at radius 2 is 2.03 bits per heavy atom. The highest BCUT2D eigenvalue weighted by molar-refractivity contribution is 5.94. The van der Waals surface area contributed by atoms with E-state index in [1.165, 1.54) is 6.92 Å². The number of amides is 1. The molecule has 9 heteroatoms. The summed E-state index contributed by atoms with van der Waals surface area (Å²) >= 11 is 0. The van der Waals surface area contributed by atoms with E-state index in [9.17, 15) is 4.79 Å². The minimum atomic E-state index is -0.134. The number of carbonyl (C=O) groups excluding carboxylic acids is 1. The second-order valence-corrected chi connectivity index (χ2v) is 7.71. The van der Waals surface area contributed by atoms with E-state index in [2.05, 4.69) is 30.9 Å². The van der Waals surface area contributed by atoms with Crippen molar-refractivity contribution in [3.8, 4) is 11.3 Å². The molecule has 1 aliphatic heterocycles. The summed E-state index contributed by atoms with van der Waals surface area (Å²) in [4.78, 5) is 29.6. The van der Waals surface area contributed by atoms with Crippen LogP contribution in [0.2, 0.25) is 0 Å². The van der Waals surface area contributed by atoms with E-state index in [4.69, 9.17) is 9.72 Å². The molecule has 0 saturated carbocycles. The van der Waals surface area contributed by atoms with Gasteiger partial charge < -0.3 is 20.7 Å². The molecule has 9 nitrogen and oxygen atoms in total. The van der Waals surface area contributed by atoms with Crippen LogP contribution in [0.25, 0.3) is 22.2 Å². The summed E-state index contributed by atoms with van der Waals surface area (Å²) in [5.41, 5.74) is 4.67. The second kappa shape index (κ2) is 9.27. The van der Waals surface area contributed by atoms with Crippen LogP contribution in [0.3, 0.4) is 0 Å². The number of carbonyl (C=O) groups is 1. The molecule has 0 radical (unpaired) electrons. The van der Waals surface area contributed by atoms with Crippen molar-refractivity contribution in [3.63, 3.8) is 0 Å². The first-order valence-corrected chi connectivity index (χ1v) is 10.7. The van der Waals surface area contributed by atoms with Crippen LogP contribution in [0.15, 0.2) is 61.1 Å². The lowest BCUT2D eigenvalue weighted by Gasteiger charge is -2.23. The SMILES string of the molecule is CC(=O)Nc1ccnc(-c2cccc3cnc(Nc4ccc(C5CNCCO5)nc4)nc23)c1. The number of anilines is 3. The molecule has 4 heterocycles. The normalized spacial score (nSPS) is 15.8. The maximum Gasteiger partial charge on any atom is 0.227 e. The molecule has 0 aliphatic carbocycles. The number of rotatable bonds is 5. The van der Waals surface area contributed by atoms with Crippen LogP contribution >= 0.6 is 0 Å². The predicted molar refractivity (Wildman–Crippen MR) is 126 cm³/mol. The molecule has 1 aromatic carbocycles. The highest BCUT2D eigenvalue weighted by atomic mass is 16.5. The molecule has 166 valence electrons. The van der Waals surface area contributed by atoms with Crippen LogP contribution in [0, 0.1) is 0 Å². The first-order valence-electron chi connectivity index (χ1n) is 10.7. The first-order chi connectivity index (χ1) is 16.2. The van der Waals surface area contributed by atoms with Crippen molar-refractivity contribution in [2.75, 3.05) is 30.3 Å². The van der Waals surface area contributed by atoms with Gasteiger partial charge in [0.2, 0.25) is 11.9 Å². The number of nitrogens with one attached hydrogen (secondary N) is 3. The number of nitrogens with zero attached hydrogens (tertiary/aromatic N) is 4. The standard InChI is InChI=1S/C24H23N7O2/c1-15(32)29-17-7-8-26-21(11-17)19-4-2-3-16-12-28-24(31-23(16)19)30-18-5-6-20(27-13-18)22-14-25-9-10-33-22/h2-8,11-13,22,25H,9-10,14H2,1H3,(H,26,29,32)(H,28,30,31). The fourth-order valence-corrected chi connectivity index (χ4v) is 3.74. The summed E-state index contributed by atoms with van der Waals surface area (Å²) in [5.74, 6) is 0.322. The largest absolute Gasteiger partial charge is 0.369 e. The number of pyridine rings is 2.